The molecule has 1 amide bonds. The van der Waals surface area contributed by atoms with Crippen LogP contribution in [-0.4, -0.2) is 66.0 Å². The third-order valence-electron chi connectivity index (χ3n) is 2.34. The number of aliphatic hydroxyl groups excluding tert-OH is 2. The topological polar surface area (TPSA) is 159 Å². The highest BCUT2D eigenvalue weighted by atomic mass is 32.3. The van der Waals surface area contributed by atoms with Gasteiger partial charge in [0.05, 0.1) is 6.61 Å². The van der Waals surface area contributed by atoms with Crippen LogP contribution >= 0.6 is 0 Å². The Morgan fingerprint density at radius 1 is 1.53 bits per heavy atom. The standard InChI is InChI=1S/C8H13NO9S/c1-3(11)9-5-6(12)7(18-19(14,15)16)4(2-10)17-8(5)13/h4-7,10,12H,2H2,1H3,(H,9,11)(H,14,15,16)/t4-,5-,6-,7+/m1/s1. The molecule has 1 rings (SSSR count). The normalized spacial score (nSPS) is 31.7. The molecular formula is C8H13NO9S. The van der Waals surface area contributed by atoms with Crippen LogP contribution in [0.5, 0.6) is 0 Å². The van der Waals surface area contributed by atoms with Gasteiger partial charge in [0, 0.05) is 6.92 Å². The first-order valence-corrected chi connectivity index (χ1v) is 6.44. The lowest BCUT2D eigenvalue weighted by atomic mass is 9.98. The summed E-state index contributed by atoms with van der Waals surface area (Å²) in [6, 6.07) is -1.56. The van der Waals surface area contributed by atoms with Crippen LogP contribution in [-0.2, 0) is 28.9 Å². The highest BCUT2D eigenvalue weighted by Crippen LogP contribution is 2.21. The summed E-state index contributed by atoms with van der Waals surface area (Å²) in [6.45, 7) is 0.229. The summed E-state index contributed by atoms with van der Waals surface area (Å²) in [4.78, 5) is 22.3. The zero-order valence-electron chi connectivity index (χ0n) is 9.72. The van der Waals surface area contributed by atoms with E-state index in [-0.39, 0.29) is 0 Å². The lowest BCUT2D eigenvalue weighted by Gasteiger charge is -2.37. The van der Waals surface area contributed by atoms with Crippen LogP contribution in [0.25, 0.3) is 0 Å². The summed E-state index contributed by atoms with van der Waals surface area (Å²) in [5, 5.41) is 20.8. The maximum atomic E-state index is 11.4. The Morgan fingerprint density at radius 2 is 2.11 bits per heavy atom. The van der Waals surface area contributed by atoms with Crippen molar-refractivity contribution in [2.75, 3.05) is 6.61 Å². The van der Waals surface area contributed by atoms with Gasteiger partial charge in [0.2, 0.25) is 5.91 Å². The second-order valence-corrected chi connectivity index (χ2v) is 4.86. The van der Waals surface area contributed by atoms with Crippen molar-refractivity contribution < 1.29 is 41.7 Å². The van der Waals surface area contributed by atoms with Gasteiger partial charge in [0.15, 0.2) is 12.1 Å². The van der Waals surface area contributed by atoms with Crippen LogP contribution in [0.15, 0.2) is 0 Å². The van der Waals surface area contributed by atoms with E-state index >= 15 is 0 Å². The summed E-state index contributed by atoms with van der Waals surface area (Å²) in [5.41, 5.74) is 0. The summed E-state index contributed by atoms with van der Waals surface area (Å²) in [7, 11) is -4.94. The molecule has 10 nitrogen and oxygen atoms in total. The SMILES string of the molecule is CC(=O)N[C@H]1C(=O)O[C@H](CO)[C@H](OS(=O)(=O)O)[C@@H]1O. The van der Waals surface area contributed by atoms with E-state index in [1.165, 1.54) is 0 Å². The van der Waals surface area contributed by atoms with Gasteiger partial charge in [-0.1, -0.05) is 0 Å². The average Bonchev–Trinajstić information content (AvgIpc) is 2.26. The first-order chi connectivity index (χ1) is 8.65. The molecule has 11 heteroatoms. The number of hydrogen-bond donors (Lipinski definition) is 4. The van der Waals surface area contributed by atoms with Gasteiger partial charge in [0.1, 0.15) is 12.2 Å². The van der Waals surface area contributed by atoms with Gasteiger partial charge >= 0.3 is 16.4 Å². The first kappa shape index (κ1) is 15.8. The number of rotatable bonds is 4. The van der Waals surface area contributed by atoms with E-state index in [9.17, 15) is 23.1 Å². The van der Waals surface area contributed by atoms with Crippen molar-refractivity contribution in [3.05, 3.63) is 0 Å². The first-order valence-electron chi connectivity index (χ1n) is 5.08. The molecule has 0 radical (unpaired) electrons. The molecule has 110 valence electrons. The minimum absolute atomic E-state index is 0.672. The molecule has 0 saturated carbocycles. The summed E-state index contributed by atoms with van der Waals surface area (Å²) >= 11 is 0. The van der Waals surface area contributed by atoms with Gasteiger partial charge in [-0.05, 0) is 0 Å². The fourth-order valence-electron chi connectivity index (χ4n) is 1.60. The molecule has 1 saturated heterocycles. The van der Waals surface area contributed by atoms with Gasteiger partial charge in [0.25, 0.3) is 0 Å². The summed E-state index contributed by atoms with van der Waals surface area (Å²) in [6.07, 6.45) is -5.05. The van der Waals surface area contributed by atoms with Crippen LogP contribution < -0.4 is 5.32 Å². The fraction of sp³-hybridized carbons (Fsp3) is 0.750. The number of esters is 1. The van der Waals surface area contributed by atoms with Gasteiger partial charge in [-0.3, -0.25) is 9.35 Å². The highest BCUT2D eigenvalue weighted by Gasteiger charge is 2.48. The van der Waals surface area contributed by atoms with E-state index in [1.807, 2.05) is 5.32 Å². The van der Waals surface area contributed by atoms with Crippen LogP contribution in [0.3, 0.4) is 0 Å². The van der Waals surface area contributed by atoms with E-state index in [4.69, 9.17) is 9.66 Å². The van der Waals surface area contributed by atoms with Crippen LogP contribution in [0, 0.1) is 0 Å². The van der Waals surface area contributed by atoms with Crippen LogP contribution in [0.2, 0.25) is 0 Å². The lowest BCUT2D eigenvalue weighted by Crippen LogP contribution is -2.63. The molecule has 0 bridgehead atoms. The molecule has 0 spiro atoms. The van der Waals surface area contributed by atoms with Crippen LogP contribution in [0.4, 0.5) is 0 Å². The molecule has 4 N–H and O–H groups in total. The number of aliphatic hydroxyl groups is 2. The third-order valence-corrected chi connectivity index (χ3v) is 2.80. The Morgan fingerprint density at radius 3 is 2.53 bits per heavy atom. The quantitative estimate of drug-likeness (QED) is 0.312. The van der Waals surface area contributed by atoms with Crippen molar-refractivity contribution in [2.45, 2.75) is 31.3 Å². The van der Waals surface area contributed by atoms with E-state index in [2.05, 4.69) is 8.92 Å². The lowest BCUT2D eigenvalue weighted by molar-refractivity contribution is -0.186. The molecule has 1 aliphatic heterocycles. The van der Waals surface area contributed by atoms with Crippen molar-refractivity contribution in [1.29, 1.82) is 0 Å². The predicted molar refractivity (Wildman–Crippen MR) is 57.0 cm³/mol. The van der Waals surface area contributed by atoms with E-state index in [1.54, 1.807) is 0 Å². The number of cyclic esters (lactones) is 1. The highest BCUT2D eigenvalue weighted by molar-refractivity contribution is 7.80. The molecule has 0 aromatic rings. The molecule has 1 heterocycles. The number of carbonyl (C=O) groups excluding carboxylic acids is 2. The van der Waals surface area contributed by atoms with Crippen LogP contribution in [0.1, 0.15) is 6.92 Å². The maximum absolute atomic E-state index is 11.4. The molecule has 1 fully saturated rings. The zero-order chi connectivity index (χ0) is 14.8. The average molecular weight is 299 g/mol. The summed E-state index contributed by atoms with van der Waals surface area (Å²) in [5.74, 6) is -1.73. The van der Waals surface area contributed by atoms with Crippen molar-refractivity contribution >= 4 is 22.3 Å². The third kappa shape index (κ3) is 4.11. The van der Waals surface area contributed by atoms with Gasteiger partial charge in [-0.15, -0.1) is 0 Å². The van der Waals surface area contributed by atoms with Crippen molar-refractivity contribution in [3.8, 4) is 0 Å². The van der Waals surface area contributed by atoms with Gasteiger partial charge < -0.3 is 20.3 Å². The number of ether oxygens (including phenoxy) is 1. The van der Waals surface area contributed by atoms with E-state index in [0.29, 0.717) is 0 Å². The Kier molecular flexibility index (Phi) is 4.81. The second-order valence-electron chi connectivity index (χ2n) is 3.82. The molecule has 4 atom stereocenters. The monoisotopic (exact) mass is 299 g/mol. The Labute approximate surface area is 108 Å². The minimum atomic E-state index is -4.94. The fourth-order valence-corrected chi connectivity index (χ4v) is 2.12. The molecule has 0 aromatic carbocycles. The van der Waals surface area contributed by atoms with Gasteiger partial charge in [-0.2, -0.15) is 8.42 Å². The summed E-state index contributed by atoms with van der Waals surface area (Å²) < 4.78 is 38.6. The molecule has 0 aliphatic carbocycles. The zero-order valence-corrected chi connectivity index (χ0v) is 10.5. The van der Waals surface area contributed by atoms with Crippen molar-refractivity contribution in [3.63, 3.8) is 0 Å². The Balaban J connectivity index is 2.97. The van der Waals surface area contributed by atoms with E-state index in [0.717, 1.165) is 6.92 Å². The second kappa shape index (κ2) is 5.79. The van der Waals surface area contributed by atoms with Crippen molar-refractivity contribution in [1.82, 2.24) is 5.32 Å². The number of nitrogens with one attached hydrogen (secondary N) is 1. The minimum Gasteiger partial charge on any atom is -0.455 e. The molecule has 19 heavy (non-hydrogen) atoms. The van der Waals surface area contributed by atoms with Crippen molar-refractivity contribution in [2.24, 2.45) is 0 Å². The smallest absolute Gasteiger partial charge is 0.397 e. The number of hydrogen-bond acceptors (Lipinski definition) is 8. The Bertz CT molecular complexity index is 461. The molecule has 0 aromatic heterocycles. The largest absolute Gasteiger partial charge is 0.455 e. The maximum Gasteiger partial charge on any atom is 0.397 e. The number of amides is 1. The van der Waals surface area contributed by atoms with E-state index < -0.39 is 53.2 Å². The van der Waals surface area contributed by atoms with Gasteiger partial charge in [-0.25, -0.2) is 8.98 Å². The molecule has 0 unspecified atom stereocenters. The number of carbonyl (C=O) groups is 2. The Hall–Kier alpha value is -1.27. The molecular weight excluding hydrogens is 286 g/mol. The predicted octanol–water partition coefficient (Wildman–Crippen LogP) is -3.04. The molecule has 1 aliphatic rings.